The molecule has 2 saturated carbocycles. The average Bonchev–Trinajstić information content (AvgIpc) is 4.03. The third-order valence-electron chi connectivity index (χ3n) is 9.61. The van der Waals surface area contributed by atoms with Gasteiger partial charge in [-0.1, -0.05) is 31.9 Å². The zero-order valence-electron chi connectivity index (χ0n) is 28.9. The molecule has 2 aliphatic carbocycles. The Balaban J connectivity index is 1.42. The summed E-state index contributed by atoms with van der Waals surface area (Å²) in [6, 6.07) is 2.93. The molecule has 0 radical (unpaired) electrons. The minimum atomic E-state index is -3.91. The molecule has 4 amide bonds. The molecular formula is C35H46N6O9S. The van der Waals surface area contributed by atoms with Crippen LogP contribution < -0.4 is 24.8 Å². The fraction of sp³-hybridized carbons (Fsp3) is 0.543. The Kier molecular flexibility index (Phi) is 11.5. The molecule has 0 spiro atoms. The van der Waals surface area contributed by atoms with Crippen LogP contribution in [-0.4, -0.2) is 94.8 Å². The van der Waals surface area contributed by atoms with Crippen molar-refractivity contribution < 1.29 is 42.2 Å². The van der Waals surface area contributed by atoms with Crippen LogP contribution in [0.1, 0.15) is 70.4 Å². The van der Waals surface area contributed by atoms with E-state index in [1.165, 1.54) is 18.1 Å². The summed E-state index contributed by atoms with van der Waals surface area (Å²) in [6.07, 6.45) is 5.68. The number of benzene rings is 1. The van der Waals surface area contributed by atoms with Crippen molar-refractivity contribution in [2.24, 2.45) is 5.92 Å². The standard InChI is InChI=1S/C35H46N6O9S/c1-5-8-9-10-11-12-27(38-34(45)46)32(43)41-20-23(50-31-25(7-3)36-26-16-13-22(49-4)17-28(26)37-31)18-29(41)30(42)39-35(19-21(35)6-2)33(44)40-51(47,48)24-14-15-24/h5-6,13,16-17,21,23-24,27,29,38H,1-2,7-12,14-15,18-20H2,3-4H3,(H,39,42)(H,40,44)(H,45,46)/t21-,23-,27?,29+,35-/m1/s1. The topological polar surface area (TPSA) is 206 Å². The number of hydrogen-bond acceptors (Lipinski definition) is 10. The number of nitrogens with zero attached hydrogens (tertiary/aromatic N) is 3. The van der Waals surface area contributed by atoms with E-state index in [2.05, 4.69) is 38.5 Å². The maximum atomic E-state index is 14.1. The minimum absolute atomic E-state index is 0.0193. The number of likely N-dealkylation sites (tertiary alicyclic amines) is 1. The van der Waals surface area contributed by atoms with Crippen LogP contribution >= 0.6 is 0 Å². The Hall–Kier alpha value is -4.73. The van der Waals surface area contributed by atoms with Gasteiger partial charge in [0.25, 0.3) is 5.91 Å². The molecule has 1 saturated heterocycles. The highest BCUT2D eigenvalue weighted by Crippen LogP contribution is 2.45. The van der Waals surface area contributed by atoms with Gasteiger partial charge in [-0.05, 0) is 57.1 Å². The second kappa shape index (κ2) is 15.7. The van der Waals surface area contributed by atoms with E-state index in [9.17, 15) is 32.7 Å². The Bertz CT molecular complexity index is 1800. The third-order valence-corrected chi connectivity index (χ3v) is 11.4. The highest BCUT2D eigenvalue weighted by Gasteiger charge is 2.62. The summed E-state index contributed by atoms with van der Waals surface area (Å²) in [5.74, 6) is -1.94. The van der Waals surface area contributed by atoms with Gasteiger partial charge < -0.3 is 30.1 Å². The van der Waals surface area contributed by atoms with Gasteiger partial charge in [0.05, 0.1) is 29.9 Å². The van der Waals surface area contributed by atoms with Crippen molar-refractivity contribution >= 4 is 44.9 Å². The second-order valence-corrected chi connectivity index (χ2v) is 15.2. The molecule has 1 aromatic heterocycles. The fourth-order valence-electron chi connectivity index (χ4n) is 6.48. The van der Waals surface area contributed by atoms with E-state index in [0.717, 1.165) is 19.3 Å². The normalized spacial score (nSPS) is 23.2. The second-order valence-electron chi connectivity index (χ2n) is 13.3. The summed E-state index contributed by atoms with van der Waals surface area (Å²) in [7, 11) is -2.37. The molecule has 3 aliphatic rings. The largest absolute Gasteiger partial charge is 0.497 e. The summed E-state index contributed by atoms with van der Waals surface area (Å²) < 4.78 is 39.1. The van der Waals surface area contributed by atoms with Crippen LogP contribution in [0.15, 0.2) is 43.5 Å². The van der Waals surface area contributed by atoms with E-state index < -0.39 is 68.7 Å². The van der Waals surface area contributed by atoms with Crippen molar-refractivity contribution in [2.45, 2.75) is 100 Å². The van der Waals surface area contributed by atoms with E-state index in [-0.39, 0.29) is 31.7 Å². The Morgan fingerprint density at radius 1 is 1.14 bits per heavy atom. The molecule has 51 heavy (non-hydrogen) atoms. The number of hydrogen-bond donors (Lipinski definition) is 4. The van der Waals surface area contributed by atoms with Crippen LogP contribution in [0.2, 0.25) is 0 Å². The number of amides is 4. The van der Waals surface area contributed by atoms with Crippen molar-refractivity contribution in [1.29, 1.82) is 0 Å². The number of ether oxygens (including phenoxy) is 2. The third kappa shape index (κ3) is 8.60. The molecule has 4 N–H and O–H groups in total. The number of rotatable bonds is 18. The summed E-state index contributed by atoms with van der Waals surface area (Å²) in [4.78, 5) is 64.1. The van der Waals surface area contributed by atoms with Crippen LogP contribution in [0, 0.1) is 5.92 Å². The van der Waals surface area contributed by atoms with Gasteiger partial charge in [0.1, 0.15) is 35.2 Å². The van der Waals surface area contributed by atoms with Crippen LogP contribution in [-0.2, 0) is 30.8 Å². The molecule has 1 aliphatic heterocycles. The number of aryl methyl sites for hydroxylation is 1. The summed E-state index contributed by atoms with van der Waals surface area (Å²) in [5.41, 5.74) is 0.130. The first-order chi connectivity index (χ1) is 24.3. The molecule has 2 heterocycles. The predicted molar refractivity (Wildman–Crippen MR) is 187 cm³/mol. The van der Waals surface area contributed by atoms with Crippen molar-refractivity contribution in [1.82, 2.24) is 30.2 Å². The van der Waals surface area contributed by atoms with E-state index >= 15 is 0 Å². The fourth-order valence-corrected chi connectivity index (χ4v) is 7.84. The maximum Gasteiger partial charge on any atom is 0.405 e. The van der Waals surface area contributed by atoms with Crippen LogP contribution in [0.5, 0.6) is 11.6 Å². The van der Waals surface area contributed by atoms with E-state index in [1.807, 2.05) is 6.92 Å². The molecule has 276 valence electrons. The van der Waals surface area contributed by atoms with E-state index in [4.69, 9.17) is 9.47 Å². The van der Waals surface area contributed by atoms with Crippen LogP contribution in [0.4, 0.5) is 4.79 Å². The molecule has 3 fully saturated rings. The van der Waals surface area contributed by atoms with Gasteiger partial charge in [0.2, 0.25) is 27.7 Å². The number of fused-ring (bicyclic) bond motifs is 1. The lowest BCUT2D eigenvalue weighted by atomic mass is 10.0. The molecule has 1 unspecified atom stereocenters. The van der Waals surface area contributed by atoms with Gasteiger partial charge in [0.15, 0.2) is 0 Å². The van der Waals surface area contributed by atoms with Crippen molar-refractivity contribution in [3.8, 4) is 11.6 Å². The SMILES string of the molecule is C=CCCCCCC(NC(=O)O)C(=O)N1C[C@H](Oc2nc3cc(OC)ccc3nc2CC)C[C@H]1C(=O)N[C@]1(C(=O)NS(=O)(=O)C2CC2)C[C@H]1C=C. The first kappa shape index (κ1) is 37.5. The van der Waals surface area contributed by atoms with Crippen LogP contribution in [0.25, 0.3) is 11.0 Å². The van der Waals surface area contributed by atoms with Crippen molar-refractivity contribution in [3.63, 3.8) is 0 Å². The molecule has 5 rings (SSSR count). The number of carboxylic acid groups (broad SMARTS) is 1. The summed E-state index contributed by atoms with van der Waals surface area (Å²) in [5, 5.41) is 14.0. The molecule has 15 nitrogen and oxygen atoms in total. The van der Waals surface area contributed by atoms with Gasteiger partial charge >= 0.3 is 6.09 Å². The zero-order chi connectivity index (χ0) is 36.9. The maximum absolute atomic E-state index is 14.1. The van der Waals surface area contributed by atoms with Gasteiger partial charge in [-0.15, -0.1) is 13.2 Å². The quantitative estimate of drug-likeness (QED) is 0.130. The molecule has 2 aromatic rings. The van der Waals surface area contributed by atoms with E-state index in [1.54, 1.807) is 24.3 Å². The Morgan fingerprint density at radius 2 is 1.90 bits per heavy atom. The molecular weight excluding hydrogens is 680 g/mol. The molecule has 1 aromatic carbocycles. The first-order valence-electron chi connectivity index (χ1n) is 17.3. The zero-order valence-corrected chi connectivity index (χ0v) is 29.7. The van der Waals surface area contributed by atoms with Crippen molar-refractivity contribution in [3.05, 3.63) is 49.2 Å². The van der Waals surface area contributed by atoms with Gasteiger partial charge in [-0.2, -0.15) is 0 Å². The average molecular weight is 727 g/mol. The number of aromatic nitrogens is 2. The molecule has 5 atom stereocenters. The smallest absolute Gasteiger partial charge is 0.405 e. The first-order valence-corrected chi connectivity index (χ1v) is 18.8. The van der Waals surface area contributed by atoms with Gasteiger partial charge in [-0.3, -0.25) is 19.1 Å². The number of carbonyl (C=O) groups is 4. The predicted octanol–water partition coefficient (Wildman–Crippen LogP) is 2.99. The Morgan fingerprint density at radius 3 is 2.53 bits per heavy atom. The summed E-state index contributed by atoms with van der Waals surface area (Å²) >= 11 is 0. The Labute approximate surface area is 297 Å². The number of sulfonamides is 1. The summed E-state index contributed by atoms with van der Waals surface area (Å²) in [6.45, 7) is 9.26. The van der Waals surface area contributed by atoms with Crippen LogP contribution in [0.3, 0.4) is 0 Å². The monoisotopic (exact) mass is 726 g/mol. The molecule has 16 heteroatoms. The lowest BCUT2D eigenvalue weighted by Crippen LogP contribution is -2.58. The van der Waals surface area contributed by atoms with Gasteiger partial charge in [-0.25, -0.2) is 23.2 Å². The van der Waals surface area contributed by atoms with E-state index in [0.29, 0.717) is 48.2 Å². The lowest BCUT2D eigenvalue weighted by molar-refractivity contribution is -0.141. The number of unbranched alkanes of at least 4 members (excludes halogenated alkanes) is 3. The molecule has 0 bridgehead atoms. The number of carbonyl (C=O) groups excluding carboxylic acids is 3. The lowest BCUT2D eigenvalue weighted by Gasteiger charge is -2.29. The van der Waals surface area contributed by atoms with Gasteiger partial charge in [0, 0.05) is 18.4 Å². The van der Waals surface area contributed by atoms with Crippen molar-refractivity contribution in [2.75, 3.05) is 13.7 Å². The minimum Gasteiger partial charge on any atom is -0.497 e. The number of allylic oxidation sites excluding steroid dienone is 1. The highest BCUT2D eigenvalue weighted by molar-refractivity contribution is 7.91. The number of nitrogens with one attached hydrogen (secondary N) is 3. The highest BCUT2D eigenvalue weighted by atomic mass is 32.2. The number of methoxy groups -OCH3 is 1.